The minimum absolute atomic E-state index is 0.229. The first kappa shape index (κ1) is 20.3. The Labute approximate surface area is 172 Å². The summed E-state index contributed by atoms with van der Waals surface area (Å²) in [6.45, 7) is 8.72. The van der Waals surface area contributed by atoms with Gasteiger partial charge in [-0.15, -0.1) is 0 Å². The van der Waals surface area contributed by atoms with Gasteiger partial charge in [-0.2, -0.15) is 0 Å². The summed E-state index contributed by atoms with van der Waals surface area (Å²) in [6, 6.07) is 17.6. The summed E-state index contributed by atoms with van der Waals surface area (Å²) in [5.41, 5.74) is 4.57. The van der Waals surface area contributed by atoms with E-state index in [2.05, 4.69) is 51.5 Å². The van der Waals surface area contributed by atoms with E-state index < -0.39 is 0 Å². The zero-order valence-corrected chi connectivity index (χ0v) is 17.1. The maximum atomic E-state index is 12.4. The second-order valence-electron chi connectivity index (χ2n) is 6.73. The zero-order chi connectivity index (χ0) is 20.6. The van der Waals surface area contributed by atoms with E-state index in [-0.39, 0.29) is 5.91 Å². The molecule has 6 nitrogen and oxygen atoms in total. The van der Waals surface area contributed by atoms with Crippen LogP contribution in [0, 0.1) is 6.92 Å². The van der Waals surface area contributed by atoms with Gasteiger partial charge in [0.1, 0.15) is 5.69 Å². The van der Waals surface area contributed by atoms with E-state index in [4.69, 9.17) is 0 Å². The quantitative estimate of drug-likeness (QED) is 0.601. The Morgan fingerprint density at radius 3 is 2.48 bits per heavy atom. The lowest BCUT2D eigenvalue weighted by molar-refractivity contribution is 0.0946. The fourth-order valence-electron chi connectivity index (χ4n) is 3.11. The summed E-state index contributed by atoms with van der Waals surface area (Å²) < 4.78 is 0. The van der Waals surface area contributed by atoms with Crippen LogP contribution < -0.4 is 15.5 Å². The zero-order valence-electron chi connectivity index (χ0n) is 17.1. The average Bonchev–Trinajstić information content (AvgIpc) is 2.75. The number of carbonyl (C=O) groups excluding carboxylic acids is 1. The molecule has 3 rings (SSSR count). The van der Waals surface area contributed by atoms with Crippen LogP contribution in [0.1, 0.15) is 35.5 Å². The van der Waals surface area contributed by atoms with Gasteiger partial charge in [-0.3, -0.25) is 4.79 Å². The molecule has 0 aliphatic carbocycles. The largest absolute Gasteiger partial charge is 0.372 e. The molecule has 2 N–H and O–H groups in total. The van der Waals surface area contributed by atoms with Crippen molar-refractivity contribution in [2.24, 2.45) is 0 Å². The molecule has 1 aromatic heterocycles. The monoisotopic (exact) mass is 389 g/mol. The van der Waals surface area contributed by atoms with Crippen molar-refractivity contribution in [3.8, 4) is 0 Å². The van der Waals surface area contributed by atoms with Crippen LogP contribution in [0.3, 0.4) is 0 Å². The van der Waals surface area contributed by atoms with Gasteiger partial charge >= 0.3 is 0 Å². The topological polar surface area (TPSA) is 70.2 Å². The minimum atomic E-state index is -0.229. The number of rotatable bonds is 8. The minimum Gasteiger partial charge on any atom is -0.372 e. The Bertz CT molecular complexity index is 954. The van der Waals surface area contributed by atoms with Gasteiger partial charge in [0.25, 0.3) is 5.91 Å². The molecule has 0 radical (unpaired) electrons. The summed E-state index contributed by atoms with van der Waals surface area (Å²) in [5, 5.41) is 6.11. The number of aromatic nitrogens is 2. The molecule has 0 fully saturated rings. The first-order chi connectivity index (χ1) is 14.1. The van der Waals surface area contributed by atoms with Crippen LogP contribution in [0.2, 0.25) is 0 Å². The third-order valence-electron chi connectivity index (χ3n) is 4.77. The van der Waals surface area contributed by atoms with Crippen LogP contribution in [-0.4, -0.2) is 29.0 Å². The highest BCUT2D eigenvalue weighted by molar-refractivity contribution is 5.92. The van der Waals surface area contributed by atoms with Gasteiger partial charge in [0.2, 0.25) is 5.95 Å². The number of carbonyl (C=O) groups is 1. The van der Waals surface area contributed by atoms with Gasteiger partial charge in [-0.1, -0.05) is 30.3 Å². The van der Waals surface area contributed by atoms with E-state index in [9.17, 15) is 4.79 Å². The second-order valence-corrected chi connectivity index (χ2v) is 6.73. The van der Waals surface area contributed by atoms with Crippen molar-refractivity contribution in [2.75, 3.05) is 23.3 Å². The first-order valence-corrected chi connectivity index (χ1v) is 9.88. The predicted octanol–water partition coefficient (Wildman–Crippen LogP) is 4.30. The molecule has 1 amide bonds. The highest BCUT2D eigenvalue weighted by atomic mass is 16.1. The van der Waals surface area contributed by atoms with Gasteiger partial charge in [-0.25, -0.2) is 9.97 Å². The Morgan fingerprint density at radius 2 is 1.79 bits per heavy atom. The molecule has 150 valence electrons. The molecule has 0 unspecified atom stereocenters. The summed E-state index contributed by atoms with van der Waals surface area (Å²) >= 11 is 0. The van der Waals surface area contributed by atoms with Crippen molar-refractivity contribution in [3.05, 3.63) is 77.6 Å². The third kappa shape index (κ3) is 5.31. The number of hydrogen-bond donors (Lipinski definition) is 2. The van der Waals surface area contributed by atoms with Crippen LogP contribution in [0.5, 0.6) is 0 Å². The van der Waals surface area contributed by atoms with Crippen LogP contribution in [0.25, 0.3) is 0 Å². The van der Waals surface area contributed by atoms with Crippen LogP contribution in [0.4, 0.5) is 17.3 Å². The van der Waals surface area contributed by atoms with Gasteiger partial charge in [0.15, 0.2) is 0 Å². The number of nitrogens with zero attached hydrogens (tertiary/aromatic N) is 3. The number of nitrogens with one attached hydrogen (secondary N) is 2. The molecule has 0 saturated carbocycles. The van der Waals surface area contributed by atoms with E-state index in [1.54, 1.807) is 12.3 Å². The van der Waals surface area contributed by atoms with Gasteiger partial charge in [0, 0.05) is 37.2 Å². The smallest absolute Gasteiger partial charge is 0.270 e. The molecule has 0 aliphatic heterocycles. The first-order valence-electron chi connectivity index (χ1n) is 9.88. The third-order valence-corrected chi connectivity index (χ3v) is 4.77. The van der Waals surface area contributed by atoms with E-state index in [1.807, 2.05) is 43.3 Å². The van der Waals surface area contributed by atoms with Crippen molar-refractivity contribution >= 4 is 23.2 Å². The molecule has 1 heterocycles. The molecule has 0 spiro atoms. The normalized spacial score (nSPS) is 10.4. The number of benzene rings is 2. The fourth-order valence-corrected chi connectivity index (χ4v) is 3.11. The lowest BCUT2D eigenvalue weighted by Gasteiger charge is -2.22. The summed E-state index contributed by atoms with van der Waals surface area (Å²) in [4.78, 5) is 23.4. The highest BCUT2D eigenvalue weighted by Gasteiger charge is 2.10. The maximum absolute atomic E-state index is 12.4. The second kappa shape index (κ2) is 9.68. The van der Waals surface area contributed by atoms with Gasteiger partial charge in [0.05, 0.1) is 0 Å². The standard InChI is InChI=1S/C23H27N5O/c1-4-28(5-2)19-11-12-20(17(3)15-19)26-23-24-14-13-21(27-23)22(29)25-16-18-9-7-6-8-10-18/h6-15H,4-5,16H2,1-3H3,(H,25,29)(H,24,26,27). The van der Waals surface area contributed by atoms with Crippen molar-refractivity contribution in [3.63, 3.8) is 0 Å². The number of anilines is 3. The Hall–Kier alpha value is -3.41. The Kier molecular flexibility index (Phi) is 6.79. The predicted molar refractivity (Wildman–Crippen MR) is 118 cm³/mol. The number of amides is 1. The maximum Gasteiger partial charge on any atom is 0.270 e. The van der Waals surface area contributed by atoms with E-state index in [0.29, 0.717) is 18.2 Å². The average molecular weight is 390 g/mol. The summed E-state index contributed by atoms with van der Waals surface area (Å²) in [5.74, 6) is 0.170. The Morgan fingerprint density at radius 1 is 1.03 bits per heavy atom. The number of hydrogen-bond acceptors (Lipinski definition) is 5. The molecule has 2 aromatic carbocycles. The van der Waals surface area contributed by atoms with Crippen LogP contribution >= 0.6 is 0 Å². The van der Waals surface area contributed by atoms with E-state index >= 15 is 0 Å². The Balaban J connectivity index is 1.68. The van der Waals surface area contributed by atoms with Gasteiger partial charge < -0.3 is 15.5 Å². The summed E-state index contributed by atoms with van der Waals surface area (Å²) in [7, 11) is 0. The molecular formula is C23H27N5O. The highest BCUT2D eigenvalue weighted by Crippen LogP contribution is 2.24. The molecule has 0 bridgehead atoms. The molecule has 0 saturated heterocycles. The number of aryl methyl sites for hydroxylation is 1. The summed E-state index contributed by atoms with van der Waals surface area (Å²) in [6.07, 6.45) is 1.59. The van der Waals surface area contributed by atoms with Gasteiger partial charge in [-0.05, 0) is 56.2 Å². The molecule has 0 aliphatic rings. The van der Waals surface area contributed by atoms with Crippen molar-refractivity contribution in [1.82, 2.24) is 15.3 Å². The van der Waals surface area contributed by atoms with Crippen molar-refractivity contribution < 1.29 is 4.79 Å². The van der Waals surface area contributed by atoms with Crippen LogP contribution in [0.15, 0.2) is 60.8 Å². The molecule has 0 atom stereocenters. The molecular weight excluding hydrogens is 362 g/mol. The van der Waals surface area contributed by atoms with Crippen LogP contribution in [-0.2, 0) is 6.54 Å². The SMILES string of the molecule is CCN(CC)c1ccc(Nc2nccc(C(=O)NCc3ccccc3)n2)c(C)c1. The molecule has 6 heteroatoms. The lowest BCUT2D eigenvalue weighted by Crippen LogP contribution is -2.24. The van der Waals surface area contributed by atoms with E-state index in [0.717, 1.165) is 29.9 Å². The molecule has 3 aromatic rings. The molecule has 29 heavy (non-hydrogen) atoms. The lowest BCUT2D eigenvalue weighted by atomic mass is 10.1. The van der Waals surface area contributed by atoms with E-state index in [1.165, 1.54) is 5.69 Å². The van der Waals surface area contributed by atoms with Crippen molar-refractivity contribution in [2.45, 2.75) is 27.3 Å². The van der Waals surface area contributed by atoms with Crippen molar-refractivity contribution in [1.29, 1.82) is 0 Å². The fraction of sp³-hybridized carbons (Fsp3) is 0.261.